The van der Waals surface area contributed by atoms with Gasteiger partial charge in [0.25, 0.3) is 0 Å². The summed E-state index contributed by atoms with van der Waals surface area (Å²) < 4.78 is 0. The smallest absolute Gasteiger partial charge is 0.210 e. The SMILES string of the molecule is C=NNC(N)=NCN. The highest BCUT2D eigenvalue weighted by Crippen LogP contribution is 1.58. The zero-order chi connectivity index (χ0) is 6.41. The molecule has 0 fully saturated rings. The number of rotatable bonds is 2. The molecule has 0 amide bonds. The molecule has 0 atom stereocenters. The van der Waals surface area contributed by atoms with Crippen LogP contribution < -0.4 is 16.9 Å². The first-order valence-corrected chi connectivity index (χ1v) is 2.03. The number of hydrazone groups is 1. The Morgan fingerprint density at radius 1 is 1.75 bits per heavy atom. The van der Waals surface area contributed by atoms with Gasteiger partial charge in [-0.25, -0.2) is 10.4 Å². The highest BCUT2D eigenvalue weighted by molar-refractivity contribution is 5.77. The Hall–Kier alpha value is -1.10. The van der Waals surface area contributed by atoms with Crippen LogP contribution in [0.1, 0.15) is 0 Å². The Morgan fingerprint density at radius 3 is 2.75 bits per heavy atom. The standard InChI is InChI=1S/C3H9N5/c1-6-8-3(5)7-2-4/h1-2,4H2,(H3,5,7,8). The van der Waals surface area contributed by atoms with Crippen LogP contribution in [0, 0.1) is 0 Å². The molecule has 0 aliphatic rings. The van der Waals surface area contributed by atoms with E-state index in [0.717, 1.165) is 0 Å². The number of nitrogens with one attached hydrogen (secondary N) is 1. The summed E-state index contributed by atoms with van der Waals surface area (Å²) in [7, 11) is 0. The van der Waals surface area contributed by atoms with Crippen LogP contribution in [-0.2, 0) is 0 Å². The molecule has 8 heavy (non-hydrogen) atoms. The molecule has 0 saturated carbocycles. The van der Waals surface area contributed by atoms with Crippen LogP contribution in [0.4, 0.5) is 0 Å². The molecule has 5 N–H and O–H groups in total. The fraction of sp³-hybridized carbons (Fsp3) is 0.333. The number of nitrogens with two attached hydrogens (primary N) is 2. The van der Waals surface area contributed by atoms with Gasteiger partial charge in [-0.2, -0.15) is 5.10 Å². The first-order valence-electron chi connectivity index (χ1n) is 2.03. The van der Waals surface area contributed by atoms with Crippen molar-refractivity contribution in [1.29, 1.82) is 0 Å². The molecule has 0 rings (SSSR count). The molecule has 0 spiro atoms. The van der Waals surface area contributed by atoms with Crippen LogP contribution in [0.2, 0.25) is 0 Å². The van der Waals surface area contributed by atoms with Crippen molar-refractivity contribution in [1.82, 2.24) is 5.43 Å². The van der Waals surface area contributed by atoms with Gasteiger partial charge in [0, 0.05) is 6.72 Å². The lowest BCUT2D eigenvalue weighted by atomic mass is 11.0. The summed E-state index contributed by atoms with van der Waals surface area (Å²) in [5.41, 5.74) is 12.4. The fourth-order valence-corrected chi connectivity index (χ4v) is 0.215. The van der Waals surface area contributed by atoms with Gasteiger partial charge in [-0.3, -0.25) is 0 Å². The molecule has 5 nitrogen and oxygen atoms in total. The minimum Gasteiger partial charge on any atom is -0.368 e. The number of guanidine groups is 1. The van der Waals surface area contributed by atoms with Crippen molar-refractivity contribution >= 4 is 12.7 Å². The quantitative estimate of drug-likeness (QED) is 0.230. The second kappa shape index (κ2) is 4.07. The Balaban J connectivity index is 3.44. The predicted molar refractivity (Wildman–Crippen MR) is 33.4 cm³/mol. The van der Waals surface area contributed by atoms with Gasteiger partial charge in [-0.05, 0) is 0 Å². The zero-order valence-electron chi connectivity index (χ0n) is 4.46. The van der Waals surface area contributed by atoms with Crippen LogP contribution >= 0.6 is 0 Å². The maximum Gasteiger partial charge on any atom is 0.210 e. The van der Waals surface area contributed by atoms with E-state index in [0.29, 0.717) is 0 Å². The van der Waals surface area contributed by atoms with E-state index in [2.05, 4.69) is 22.2 Å². The third-order valence-corrected chi connectivity index (χ3v) is 0.455. The lowest BCUT2D eigenvalue weighted by molar-refractivity contribution is 0.970. The largest absolute Gasteiger partial charge is 0.368 e. The lowest BCUT2D eigenvalue weighted by Crippen LogP contribution is -2.27. The van der Waals surface area contributed by atoms with Gasteiger partial charge < -0.3 is 11.5 Å². The van der Waals surface area contributed by atoms with Crippen LogP contribution in [0.3, 0.4) is 0 Å². The van der Waals surface area contributed by atoms with Crippen molar-refractivity contribution in [3.63, 3.8) is 0 Å². The van der Waals surface area contributed by atoms with Crippen LogP contribution in [0.15, 0.2) is 10.1 Å². The summed E-state index contributed by atoms with van der Waals surface area (Å²) >= 11 is 0. The Morgan fingerprint density at radius 2 is 2.38 bits per heavy atom. The molecule has 0 unspecified atom stereocenters. The average Bonchev–Trinajstić information content (AvgIpc) is 1.68. The van der Waals surface area contributed by atoms with E-state index in [-0.39, 0.29) is 12.6 Å². The second-order valence-corrected chi connectivity index (χ2v) is 0.996. The van der Waals surface area contributed by atoms with Crippen molar-refractivity contribution in [3.8, 4) is 0 Å². The Bertz CT molecular complexity index is 95.8. The topological polar surface area (TPSA) is 88.8 Å². The zero-order valence-corrected chi connectivity index (χ0v) is 4.46. The molecule has 0 radical (unpaired) electrons. The summed E-state index contributed by atoms with van der Waals surface area (Å²) in [4.78, 5) is 3.54. The highest BCUT2D eigenvalue weighted by Gasteiger charge is 1.79. The second-order valence-electron chi connectivity index (χ2n) is 0.996. The van der Waals surface area contributed by atoms with Crippen molar-refractivity contribution in [2.75, 3.05) is 6.67 Å². The third-order valence-electron chi connectivity index (χ3n) is 0.455. The third kappa shape index (κ3) is 3.10. The molecule has 46 valence electrons. The van der Waals surface area contributed by atoms with E-state index in [1.807, 2.05) is 0 Å². The fourth-order valence-electron chi connectivity index (χ4n) is 0.215. The van der Waals surface area contributed by atoms with E-state index in [4.69, 9.17) is 11.5 Å². The van der Waals surface area contributed by atoms with Crippen molar-refractivity contribution < 1.29 is 0 Å². The molecule has 0 heterocycles. The van der Waals surface area contributed by atoms with E-state index in [1.54, 1.807) is 0 Å². The molecule has 0 aromatic carbocycles. The lowest BCUT2D eigenvalue weighted by Gasteiger charge is -1.93. The molecule has 0 saturated heterocycles. The first kappa shape index (κ1) is 6.90. The number of nitrogens with zero attached hydrogens (tertiary/aromatic N) is 2. The summed E-state index contributed by atoms with van der Waals surface area (Å²) in [6.45, 7) is 3.28. The van der Waals surface area contributed by atoms with E-state index >= 15 is 0 Å². The monoisotopic (exact) mass is 115 g/mol. The molecule has 0 aromatic heterocycles. The molecular formula is C3H9N5. The number of hydrogen-bond donors (Lipinski definition) is 3. The maximum atomic E-state index is 5.12. The Labute approximate surface area is 47.5 Å². The van der Waals surface area contributed by atoms with E-state index in [1.165, 1.54) is 0 Å². The first-order chi connectivity index (χ1) is 3.81. The van der Waals surface area contributed by atoms with E-state index in [9.17, 15) is 0 Å². The van der Waals surface area contributed by atoms with Gasteiger partial charge in [-0.15, -0.1) is 0 Å². The molecule has 0 bridgehead atoms. The van der Waals surface area contributed by atoms with Gasteiger partial charge >= 0.3 is 0 Å². The van der Waals surface area contributed by atoms with Gasteiger partial charge in [0.15, 0.2) is 0 Å². The molecular weight excluding hydrogens is 106 g/mol. The normalized spacial score (nSPS) is 10.9. The van der Waals surface area contributed by atoms with Gasteiger partial charge in [0.1, 0.15) is 0 Å². The molecule has 0 aliphatic heterocycles. The van der Waals surface area contributed by atoms with Crippen LogP contribution in [0.25, 0.3) is 0 Å². The molecule has 0 aliphatic carbocycles. The minimum atomic E-state index is 0.161. The molecule has 5 heteroatoms. The van der Waals surface area contributed by atoms with Crippen molar-refractivity contribution in [2.45, 2.75) is 0 Å². The average molecular weight is 115 g/mol. The summed E-state index contributed by atoms with van der Waals surface area (Å²) in [6, 6.07) is 0. The summed E-state index contributed by atoms with van der Waals surface area (Å²) in [5.74, 6) is 0.183. The van der Waals surface area contributed by atoms with Gasteiger partial charge in [0.2, 0.25) is 5.96 Å². The van der Waals surface area contributed by atoms with Gasteiger partial charge in [0.05, 0.1) is 6.67 Å². The van der Waals surface area contributed by atoms with E-state index < -0.39 is 0 Å². The maximum absolute atomic E-state index is 5.12. The van der Waals surface area contributed by atoms with Crippen molar-refractivity contribution in [3.05, 3.63) is 0 Å². The predicted octanol–water partition coefficient (Wildman–Crippen LogP) is -1.58. The summed E-state index contributed by atoms with van der Waals surface area (Å²) in [6.07, 6.45) is 0. The molecule has 0 aromatic rings. The van der Waals surface area contributed by atoms with Crippen LogP contribution in [0.5, 0.6) is 0 Å². The van der Waals surface area contributed by atoms with Crippen molar-refractivity contribution in [2.24, 2.45) is 21.6 Å². The summed E-state index contributed by atoms with van der Waals surface area (Å²) in [5, 5.41) is 3.24. The van der Waals surface area contributed by atoms with Crippen LogP contribution in [-0.4, -0.2) is 19.3 Å². The number of hydrogen-bond acceptors (Lipinski definition) is 3. The highest BCUT2D eigenvalue weighted by atomic mass is 15.3. The van der Waals surface area contributed by atoms with Gasteiger partial charge in [-0.1, -0.05) is 0 Å². The minimum absolute atomic E-state index is 0.161. The number of aliphatic imine (C=N–C) groups is 1. The Kier molecular flexibility index (Phi) is 3.51.